The number of amides is 1. The van der Waals surface area contributed by atoms with Crippen LogP contribution in [0.5, 0.6) is 11.8 Å². The van der Waals surface area contributed by atoms with Crippen LogP contribution >= 0.6 is 23.2 Å². The molecule has 0 saturated carbocycles. The second-order valence-electron chi connectivity index (χ2n) is 7.37. The van der Waals surface area contributed by atoms with Gasteiger partial charge in [0.15, 0.2) is 11.5 Å². The van der Waals surface area contributed by atoms with E-state index < -0.39 is 12.3 Å². The average Bonchev–Trinajstić information content (AvgIpc) is 3.12. The maximum atomic E-state index is 13.4. The first-order valence-electron chi connectivity index (χ1n) is 10.00. The predicted octanol–water partition coefficient (Wildman–Crippen LogP) is 3.58. The molecule has 2 N–H and O–H groups in total. The molecule has 1 aromatic heterocycles. The van der Waals surface area contributed by atoms with Gasteiger partial charge in [-0.25, -0.2) is 0 Å². The molecular formula is C22H22Cl2N4O4. The highest BCUT2D eigenvalue weighted by molar-refractivity contribution is 6.30. The van der Waals surface area contributed by atoms with Crippen molar-refractivity contribution in [2.75, 3.05) is 25.1 Å². The number of carbonyl (C=O) groups is 1. The van der Waals surface area contributed by atoms with Crippen LogP contribution in [-0.4, -0.2) is 57.1 Å². The van der Waals surface area contributed by atoms with Gasteiger partial charge in [-0.3, -0.25) is 14.3 Å². The fraction of sp³-hybridized carbons (Fsp3) is 0.273. The Morgan fingerprint density at radius 1 is 1.12 bits per heavy atom. The van der Waals surface area contributed by atoms with Crippen molar-refractivity contribution in [2.24, 2.45) is 0 Å². The third-order valence-electron chi connectivity index (χ3n) is 5.15. The largest absolute Gasteiger partial charge is 0.425 e. The summed E-state index contributed by atoms with van der Waals surface area (Å²) in [5.74, 6) is 0.361. The zero-order valence-electron chi connectivity index (χ0n) is 17.3. The summed E-state index contributed by atoms with van der Waals surface area (Å²) in [5, 5.41) is 21.0. The molecule has 0 spiro atoms. The maximum absolute atomic E-state index is 13.4. The van der Waals surface area contributed by atoms with Crippen LogP contribution < -0.4 is 9.64 Å². The van der Waals surface area contributed by atoms with Crippen molar-refractivity contribution < 1.29 is 19.7 Å². The number of aliphatic hydroxyl groups excluding tert-OH is 2. The summed E-state index contributed by atoms with van der Waals surface area (Å²) in [5.41, 5.74) is 1.16. The number of hydrogen-bond donors (Lipinski definition) is 2. The summed E-state index contributed by atoms with van der Waals surface area (Å²) in [6, 6.07) is 14.3. The molecule has 0 radical (unpaired) electrons. The monoisotopic (exact) mass is 476 g/mol. The van der Waals surface area contributed by atoms with E-state index in [-0.39, 0.29) is 24.9 Å². The van der Waals surface area contributed by atoms with Gasteiger partial charge in [0.05, 0.1) is 6.54 Å². The molecule has 0 fully saturated rings. The van der Waals surface area contributed by atoms with Crippen molar-refractivity contribution in [1.82, 2.24) is 14.5 Å². The topological polar surface area (TPSA) is 91.1 Å². The Labute approximate surface area is 195 Å². The first-order valence-corrected chi connectivity index (χ1v) is 10.8. The molecule has 3 aromatic rings. The lowest BCUT2D eigenvalue weighted by Gasteiger charge is -2.38. The summed E-state index contributed by atoms with van der Waals surface area (Å²) < 4.78 is 7.67. The minimum atomic E-state index is -1.21. The van der Waals surface area contributed by atoms with Gasteiger partial charge in [-0.15, -0.1) is 0 Å². The number of aliphatic hydroxyl groups is 2. The number of halogens is 2. The van der Waals surface area contributed by atoms with Crippen molar-refractivity contribution in [3.8, 4) is 11.8 Å². The van der Waals surface area contributed by atoms with E-state index in [1.807, 2.05) is 12.1 Å². The highest BCUT2D eigenvalue weighted by Crippen LogP contribution is 2.35. The van der Waals surface area contributed by atoms with E-state index in [0.717, 1.165) is 5.56 Å². The van der Waals surface area contributed by atoms with Crippen LogP contribution in [0.3, 0.4) is 0 Å². The summed E-state index contributed by atoms with van der Waals surface area (Å²) in [6.07, 6.45) is -0.872. The van der Waals surface area contributed by atoms with Gasteiger partial charge < -0.3 is 19.8 Å². The number of rotatable bonds is 7. The number of carbonyl (C=O) groups excluding carboxylic acids is 1. The summed E-state index contributed by atoms with van der Waals surface area (Å²) in [7, 11) is 1.64. The Kier molecular flexibility index (Phi) is 6.57. The number of anilines is 1. The molecule has 1 amide bonds. The molecular weight excluding hydrogens is 455 g/mol. The van der Waals surface area contributed by atoms with E-state index in [2.05, 4.69) is 4.98 Å². The number of imidazole rings is 1. The maximum Gasteiger partial charge on any atom is 0.304 e. The normalized spacial score (nSPS) is 15.8. The molecule has 4 rings (SSSR count). The van der Waals surface area contributed by atoms with Crippen LogP contribution in [0.4, 0.5) is 5.82 Å². The second kappa shape index (κ2) is 9.38. The van der Waals surface area contributed by atoms with E-state index in [1.54, 1.807) is 48.0 Å². The quantitative estimate of drug-likeness (QED) is 0.541. The van der Waals surface area contributed by atoms with E-state index in [0.29, 0.717) is 34.6 Å². The van der Waals surface area contributed by atoms with Gasteiger partial charge in [0, 0.05) is 30.2 Å². The van der Waals surface area contributed by atoms with Gasteiger partial charge in [-0.2, -0.15) is 4.98 Å². The zero-order chi connectivity index (χ0) is 22.8. The third kappa shape index (κ3) is 4.40. The van der Waals surface area contributed by atoms with E-state index in [1.165, 1.54) is 9.80 Å². The Bertz CT molecular complexity index is 1120. The molecule has 2 heterocycles. The van der Waals surface area contributed by atoms with Crippen molar-refractivity contribution in [1.29, 1.82) is 0 Å². The Hall–Kier alpha value is -2.78. The van der Waals surface area contributed by atoms with Gasteiger partial charge in [0.25, 0.3) is 5.91 Å². The molecule has 2 aromatic carbocycles. The highest BCUT2D eigenvalue weighted by Gasteiger charge is 2.40. The third-order valence-corrected chi connectivity index (χ3v) is 5.64. The summed E-state index contributed by atoms with van der Waals surface area (Å²) in [4.78, 5) is 20.7. The van der Waals surface area contributed by atoms with Crippen LogP contribution in [0, 0.1) is 0 Å². The lowest BCUT2D eigenvalue weighted by atomic mass is 10.2. The number of aromatic nitrogens is 2. The van der Waals surface area contributed by atoms with Crippen LogP contribution in [0.15, 0.2) is 48.5 Å². The van der Waals surface area contributed by atoms with E-state index in [9.17, 15) is 15.0 Å². The van der Waals surface area contributed by atoms with Crippen LogP contribution in [0.2, 0.25) is 10.0 Å². The number of hydrogen-bond acceptors (Lipinski definition) is 6. The molecule has 0 aliphatic carbocycles. The summed E-state index contributed by atoms with van der Waals surface area (Å²) in [6.45, 7) is 0.385. The number of nitrogens with zero attached hydrogens (tertiary/aromatic N) is 4. The van der Waals surface area contributed by atoms with Crippen molar-refractivity contribution in [3.63, 3.8) is 0 Å². The first-order chi connectivity index (χ1) is 15.4. The van der Waals surface area contributed by atoms with Gasteiger partial charge >= 0.3 is 6.01 Å². The predicted molar refractivity (Wildman–Crippen MR) is 121 cm³/mol. The van der Waals surface area contributed by atoms with Gasteiger partial charge in [-0.05, 0) is 42.3 Å². The van der Waals surface area contributed by atoms with E-state index >= 15 is 0 Å². The molecule has 1 atom stereocenters. The van der Waals surface area contributed by atoms with Crippen molar-refractivity contribution in [3.05, 3.63) is 69.8 Å². The Morgan fingerprint density at radius 2 is 1.88 bits per heavy atom. The molecule has 1 unspecified atom stereocenters. The van der Waals surface area contributed by atoms with Crippen molar-refractivity contribution >= 4 is 34.9 Å². The van der Waals surface area contributed by atoms with Crippen LogP contribution in [0.1, 0.15) is 22.5 Å². The number of ether oxygens (including phenoxy) is 1. The van der Waals surface area contributed by atoms with Gasteiger partial charge in [-0.1, -0.05) is 41.4 Å². The molecule has 0 saturated heterocycles. The minimum absolute atomic E-state index is 0.0970. The molecule has 1 aliphatic rings. The molecule has 0 bridgehead atoms. The highest BCUT2D eigenvalue weighted by atomic mass is 35.5. The molecule has 8 nitrogen and oxygen atoms in total. The van der Waals surface area contributed by atoms with E-state index in [4.69, 9.17) is 27.9 Å². The van der Waals surface area contributed by atoms with Crippen LogP contribution in [0.25, 0.3) is 0 Å². The van der Waals surface area contributed by atoms with Crippen LogP contribution in [-0.2, 0) is 6.54 Å². The van der Waals surface area contributed by atoms with Gasteiger partial charge in [0.1, 0.15) is 5.75 Å². The average molecular weight is 477 g/mol. The van der Waals surface area contributed by atoms with Crippen molar-refractivity contribution in [2.45, 2.75) is 19.3 Å². The lowest BCUT2D eigenvalue weighted by Crippen LogP contribution is -2.54. The second-order valence-corrected chi connectivity index (χ2v) is 8.24. The molecule has 168 valence electrons. The Balaban J connectivity index is 1.80. The SMILES string of the molecule is CN1c2nc(Oc3cccc(Cl)c3)n(Cc3ccc(Cl)cc3)c2C(=O)N(CCCO)C1O. The first kappa shape index (κ1) is 22.4. The zero-order valence-corrected chi connectivity index (χ0v) is 18.8. The van der Waals surface area contributed by atoms with Gasteiger partial charge in [0.2, 0.25) is 6.35 Å². The lowest BCUT2D eigenvalue weighted by molar-refractivity contribution is 0.00112. The molecule has 1 aliphatic heterocycles. The molecule has 10 heteroatoms. The smallest absolute Gasteiger partial charge is 0.304 e. The summed E-state index contributed by atoms with van der Waals surface area (Å²) >= 11 is 12.1. The fourth-order valence-corrected chi connectivity index (χ4v) is 3.83. The minimum Gasteiger partial charge on any atom is -0.425 e. The number of fused-ring (bicyclic) bond motifs is 1. The standard InChI is InChI=1S/C22H22Cl2N4O4/c1-26-19-18(20(30)27(22(26)31)10-3-11-29)28(13-14-6-8-15(23)9-7-14)21(25-19)32-17-5-2-4-16(24)12-17/h2,4-9,12,22,29,31H,3,10-11,13H2,1H3. The Morgan fingerprint density at radius 3 is 2.56 bits per heavy atom. The fourth-order valence-electron chi connectivity index (χ4n) is 3.53. The molecule has 32 heavy (non-hydrogen) atoms. The number of benzene rings is 2.